The molecule has 2 aliphatic rings. The van der Waals surface area contributed by atoms with Gasteiger partial charge in [-0.2, -0.15) is 0 Å². The molecule has 2 aromatic heterocycles. The summed E-state index contributed by atoms with van der Waals surface area (Å²) in [6.07, 6.45) is -1.02. The van der Waals surface area contributed by atoms with Crippen molar-refractivity contribution in [2.45, 2.75) is 49.2 Å². The number of hydrogen-bond donors (Lipinski definition) is 5. The van der Waals surface area contributed by atoms with E-state index in [0.29, 0.717) is 12.2 Å². The van der Waals surface area contributed by atoms with Crippen LogP contribution in [0.15, 0.2) is 41.8 Å². The molecule has 4 atom stereocenters. The van der Waals surface area contributed by atoms with Crippen LogP contribution in [0, 0.1) is 5.92 Å². The highest BCUT2D eigenvalue weighted by atomic mass is 32.2. The van der Waals surface area contributed by atoms with E-state index in [0.717, 1.165) is 12.8 Å². The molecule has 2 fully saturated rings. The Morgan fingerprint density at radius 2 is 1.82 bits per heavy atom. The molecule has 38 heavy (non-hydrogen) atoms. The Bertz CT molecular complexity index is 1460. The highest BCUT2D eigenvalue weighted by Crippen LogP contribution is 2.33. The van der Waals surface area contributed by atoms with Crippen LogP contribution in [0.4, 0.5) is 16.3 Å². The summed E-state index contributed by atoms with van der Waals surface area (Å²) in [7, 11) is -3.36. The number of aliphatic hydroxyl groups is 2. The summed E-state index contributed by atoms with van der Waals surface area (Å²) >= 11 is 0. The molecule has 1 aliphatic heterocycles. The lowest BCUT2D eigenvalue weighted by molar-refractivity contribution is -0.137. The molecular weight excluding hydrogens is 518 g/mol. The number of nitrogens with zero attached hydrogens (tertiary/aromatic N) is 4. The minimum absolute atomic E-state index is 0.0585. The van der Waals surface area contributed by atoms with Gasteiger partial charge in [0.1, 0.15) is 18.5 Å². The number of rotatable bonds is 8. The van der Waals surface area contributed by atoms with Crippen LogP contribution < -0.4 is 16.0 Å². The SMILES string of the molecule is CCNC(=O)[C@H]1O[C@@H](n2cnc3c(NC(=O)Nc4ccc(S(=O)(=O)CC5CC5)cc4)ncnc32)[C@H](O)[C@@H]1O. The first kappa shape index (κ1) is 26.0. The monoisotopic (exact) mass is 545 g/mol. The van der Waals surface area contributed by atoms with Gasteiger partial charge < -0.3 is 25.6 Å². The summed E-state index contributed by atoms with van der Waals surface area (Å²) in [4.78, 5) is 37.4. The largest absolute Gasteiger partial charge is 0.387 e. The van der Waals surface area contributed by atoms with Gasteiger partial charge in [0.15, 0.2) is 39.2 Å². The molecule has 3 heterocycles. The molecule has 14 nitrogen and oxygen atoms in total. The van der Waals surface area contributed by atoms with Gasteiger partial charge in [-0.05, 0) is 49.9 Å². The predicted molar refractivity (Wildman–Crippen MR) is 134 cm³/mol. The van der Waals surface area contributed by atoms with Crippen molar-refractivity contribution in [2.24, 2.45) is 5.92 Å². The molecule has 1 aromatic carbocycles. The van der Waals surface area contributed by atoms with Gasteiger partial charge >= 0.3 is 6.03 Å². The maximum Gasteiger partial charge on any atom is 0.324 e. The fourth-order valence-corrected chi connectivity index (χ4v) is 5.91. The van der Waals surface area contributed by atoms with Crippen molar-refractivity contribution in [3.8, 4) is 0 Å². The van der Waals surface area contributed by atoms with Crippen LogP contribution in [-0.2, 0) is 19.4 Å². The van der Waals surface area contributed by atoms with Crippen LogP contribution in [-0.4, -0.2) is 80.7 Å². The minimum Gasteiger partial charge on any atom is -0.387 e. The molecule has 3 amide bonds. The third-order valence-corrected chi connectivity index (χ3v) is 8.24. The number of carbonyl (C=O) groups is 2. The number of sulfone groups is 1. The van der Waals surface area contributed by atoms with Crippen LogP contribution in [0.25, 0.3) is 11.2 Å². The second kappa shape index (κ2) is 10.2. The van der Waals surface area contributed by atoms with Gasteiger partial charge in [-0.25, -0.2) is 28.2 Å². The number of aliphatic hydroxyl groups excluding tert-OH is 2. The van der Waals surface area contributed by atoms with E-state index in [9.17, 15) is 28.2 Å². The van der Waals surface area contributed by atoms with Crippen molar-refractivity contribution < 1.29 is 33.0 Å². The van der Waals surface area contributed by atoms with Gasteiger partial charge in [0, 0.05) is 12.2 Å². The maximum absolute atomic E-state index is 12.6. The topological polar surface area (TPSA) is 198 Å². The number of benzene rings is 1. The molecular formula is C23H27N7O7S. The van der Waals surface area contributed by atoms with Crippen molar-refractivity contribution >= 4 is 44.4 Å². The van der Waals surface area contributed by atoms with Gasteiger partial charge in [-0.3, -0.25) is 14.7 Å². The standard InChI is InChI=1S/C23H27N7O7S/c1-2-24-21(33)18-16(31)17(32)22(37-18)30-11-27-15-19(25-10-26-20(15)30)29-23(34)28-13-5-7-14(8-6-13)38(35,36)9-12-3-4-12/h5-8,10-12,16-18,22,31-32H,2-4,9H2,1H3,(H,24,33)(H2,25,26,28,29,34)/t16-,17+,18-,22+/m0/s1. The zero-order valence-corrected chi connectivity index (χ0v) is 21.1. The molecule has 1 saturated heterocycles. The first-order valence-electron chi connectivity index (χ1n) is 12.1. The molecule has 0 spiro atoms. The molecule has 1 aliphatic carbocycles. The first-order valence-corrected chi connectivity index (χ1v) is 13.7. The summed E-state index contributed by atoms with van der Waals surface area (Å²) in [5.41, 5.74) is 0.737. The number of urea groups is 1. The number of likely N-dealkylation sites (N-methyl/N-ethyl adjacent to an activating group) is 1. The molecule has 5 N–H and O–H groups in total. The van der Waals surface area contributed by atoms with Crippen molar-refractivity contribution in [3.63, 3.8) is 0 Å². The molecule has 0 radical (unpaired) electrons. The number of aromatic nitrogens is 4. The van der Waals surface area contributed by atoms with E-state index in [4.69, 9.17) is 4.74 Å². The van der Waals surface area contributed by atoms with Crippen molar-refractivity contribution in [2.75, 3.05) is 22.9 Å². The van der Waals surface area contributed by atoms with E-state index in [-0.39, 0.29) is 33.5 Å². The molecule has 3 aromatic rings. The van der Waals surface area contributed by atoms with E-state index >= 15 is 0 Å². The lowest BCUT2D eigenvalue weighted by Gasteiger charge is -2.16. The number of amides is 3. The van der Waals surface area contributed by atoms with Crippen LogP contribution >= 0.6 is 0 Å². The lowest BCUT2D eigenvalue weighted by atomic mass is 10.1. The molecule has 0 unspecified atom stereocenters. The second-order valence-corrected chi connectivity index (χ2v) is 11.2. The summed E-state index contributed by atoms with van der Waals surface area (Å²) in [6.45, 7) is 2.04. The Morgan fingerprint density at radius 3 is 2.50 bits per heavy atom. The number of anilines is 2. The van der Waals surface area contributed by atoms with Crippen molar-refractivity contribution in [3.05, 3.63) is 36.9 Å². The van der Waals surface area contributed by atoms with Crippen LogP contribution in [0.5, 0.6) is 0 Å². The third-order valence-electron chi connectivity index (χ3n) is 6.34. The summed E-state index contributed by atoms with van der Waals surface area (Å²) in [5.74, 6) is -0.144. The fraction of sp³-hybridized carbons (Fsp3) is 0.435. The Kier molecular flexibility index (Phi) is 7.00. The highest BCUT2D eigenvalue weighted by Gasteiger charge is 2.47. The quantitative estimate of drug-likeness (QED) is 0.264. The zero-order valence-electron chi connectivity index (χ0n) is 20.3. The number of hydrogen-bond acceptors (Lipinski definition) is 10. The predicted octanol–water partition coefficient (Wildman–Crippen LogP) is 0.409. The molecule has 15 heteroatoms. The Morgan fingerprint density at radius 1 is 1.08 bits per heavy atom. The van der Waals surface area contributed by atoms with Gasteiger partial charge in [-0.1, -0.05) is 0 Å². The Balaban J connectivity index is 1.28. The van der Waals surface area contributed by atoms with E-state index < -0.39 is 46.3 Å². The first-order chi connectivity index (χ1) is 18.2. The summed E-state index contributed by atoms with van der Waals surface area (Å²) in [5, 5.41) is 28.5. The van der Waals surface area contributed by atoms with Gasteiger partial charge in [-0.15, -0.1) is 0 Å². The van der Waals surface area contributed by atoms with Crippen molar-refractivity contribution in [1.82, 2.24) is 24.8 Å². The molecule has 0 bridgehead atoms. The lowest BCUT2D eigenvalue weighted by Crippen LogP contribution is -2.42. The Hall–Kier alpha value is -3.66. The number of ether oxygens (including phenoxy) is 1. The highest BCUT2D eigenvalue weighted by molar-refractivity contribution is 7.91. The molecule has 1 saturated carbocycles. The van der Waals surface area contributed by atoms with Gasteiger partial charge in [0.2, 0.25) is 0 Å². The van der Waals surface area contributed by atoms with Gasteiger partial charge in [0.25, 0.3) is 5.91 Å². The maximum atomic E-state index is 12.6. The van der Waals surface area contributed by atoms with E-state index in [1.165, 1.54) is 41.5 Å². The van der Waals surface area contributed by atoms with Crippen LogP contribution in [0.1, 0.15) is 26.0 Å². The van der Waals surface area contributed by atoms with E-state index in [1.807, 2.05) is 0 Å². The zero-order chi connectivity index (χ0) is 27.0. The normalized spacial score (nSPS) is 23.3. The fourth-order valence-electron chi connectivity index (χ4n) is 4.22. The number of nitrogens with one attached hydrogen (secondary N) is 3. The van der Waals surface area contributed by atoms with Crippen molar-refractivity contribution in [1.29, 1.82) is 0 Å². The Labute approximate surface area is 217 Å². The van der Waals surface area contributed by atoms with E-state index in [1.54, 1.807) is 6.92 Å². The smallest absolute Gasteiger partial charge is 0.324 e. The average molecular weight is 546 g/mol. The second-order valence-electron chi connectivity index (χ2n) is 9.20. The number of carbonyl (C=O) groups excluding carboxylic acids is 2. The number of fused-ring (bicyclic) bond motifs is 1. The summed E-state index contributed by atoms with van der Waals surface area (Å²) < 4.78 is 31.8. The van der Waals surface area contributed by atoms with Crippen LogP contribution in [0.2, 0.25) is 0 Å². The third kappa shape index (κ3) is 5.18. The molecule has 202 valence electrons. The molecule has 5 rings (SSSR count). The summed E-state index contributed by atoms with van der Waals surface area (Å²) in [6, 6.07) is 5.25. The van der Waals surface area contributed by atoms with E-state index in [2.05, 4.69) is 30.9 Å². The average Bonchev–Trinajstić information content (AvgIpc) is 3.49. The van der Waals surface area contributed by atoms with Gasteiger partial charge in [0.05, 0.1) is 17.0 Å². The van der Waals surface area contributed by atoms with Crippen LogP contribution in [0.3, 0.4) is 0 Å². The number of imidazole rings is 1. The minimum atomic E-state index is -3.36.